The fourth-order valence-corrected chi connectivity index (χ4v) is 3.43. The van der Waals surface area contributed by atoms with Crippen LogP contribution in [0.1, 0.15) is 37.4 Å². The van der Waals surface area contributed by atoms with Gasteiger partial charge in [0.25, 0.3) is 11.8 Å². The first-order valence-corrected chi connectivity index (χ1v) is 9.53. The number of amides is 2. The summed E-state index contributed by atoms with van der Waals surface area (Å²) in [5.41, 5.74) is -0.107. The lowest BCUT2D eigenvalue weighted by molar-refractivity contribution is -0.137. The molecule has 0 aromatic heterocycles. The number of fused-ring (bicyclic) bond motifs is 1. The Kier molecular flexibility index (Phi) is 6.68. The average Bonchev–Trinajstić information content (AvgIpc) is 2.73. The number of halogens is 4. The van der Waals surface area contributed by atoms with E-state index in [0.29, 0.717) is 18.2 Å². The molecule has 2 aromatic rings. The van der Waals surface area contributed by atoms with Crippen LogP contribution in [0.4, 0.5) is 13.2 Å². The second-order valence-electron chi connectivity index (χ2n) is 6.86. The molecule has 3 N–H and O–H groups in total. The number of aliphatic hydroxyl groups excluding tert-OH is 2. The number of hydrogen-bond acceptors (Lipinski definition) is 5. The van der Waals surface area contributed by atoms with Crippen LogP contribution in [0.2, 0.25) is 5.02 Å². The van der Waals surface area contributed by atoms with E-state index in [1.807, 2.05) is 0 Å². The minimum absolute atomic E-state index is 0.163. The van der Waals surface area contributed by atoms with Crippen LogP contribution in [0.25, 0.3) is 6.08 Å². The minimum atomic E-state index is -4.74. The van der Waals surface area contributed by atoms with Crippen LogP contribution in [0.5, 0.6) is 0 Å². The van der Waals surface area contributed by atoms with Crippen molar-refractivity contribution < 1.29 is 33.0 Å². The van der Waals surface area contributed by atoms with Crippen LogP contribution >= 0.6 is 11.6 Å². The SMILES string of the molecule is O=C(NC(=O)c1cccc2c1C=CN(C(CO)CO)C2)c1ccc(Cl)c(C(F)(F)F)c1. The number of carbonyl (C=O) groups excluding carboxylic acids is 2. The molecule has 3 rings (SSSR count). The lowest BCUT2D eigenvalue weighted by Gasteiger charge is -2.31. The number of hydrogen-bond donors (Lipinski definition) is 3. The van der Waals surface area contributed by atoms with Gasteiger partial charge in [0, 0.05) is 23.9 Å². The maximum Gasteiger partial charge on any atom is 0.417 e. The first-order chi connectivity index (χ1) is 14.7. The molecule has 0 saturated heterocycles. The monoisotopic (exact) mass is 454 g/mol. The largest absolute Gasteiger partial charge is 0.417 e. The molecule has 0 unspecified atom stereocenters. The molecular formula is C21H18ClF3N2O4. The van der Waals surface area contributed by atoms with Crippen LogP contribution in [0.15, 0.2) is 42.6 Å². The first kappa shape index (κ1) is 22.8. The van der Waals surface area contributed by atoms with E-state index >= 15 is 0 Å². The van der Waals surface area contributed by atoms with Crippen molar-refractivity contribution in [2.45, 2.75) is 18.8 Å². The summed E-state index contributed by atoms with van der Waals surface area (Å²) in [6.07, 6.45) is -1.51. The van der Waals surface area contributed by atoms with Gasteiger partial charge in [-0.1, -0.05) is 23.7 Å². The van der Waals surface area contributed by atoms with Crippen molar-refractivity contribution >= 4 is 29.5 Å². The summed E-state index contributed by atoms with van der Waals surface area (Å²) >= 11 is 5.56. The first-order valence-electron chi connectivity index (χ1n) is 9.15. The van der Waals surface area contributed by atoms with Crippen molar-refractivity contribution in [1.82, 2.24) is 10.2 Å². The Morgan fingerprint density at radius 3 is 2.48 bits per heavy atom. The number of nitrogens with zero attached hydrogens (tertiary/aromatic N) is 1. The van der Waals surface area contributed by atoms with Crippen molar-refractivity contribution in [2.24, 2.45) is 0 Å². The van der Waals surface area contributed by atoms with Crippen molar-refractivity contribution in [1.29, 1.82) is 0 Å². The molecule has 1 aliphatic rings. The van der Waals surface area contributed by atoms with Crippen LogP contribution in [0.3, 0.4) is 0 Å². The number of benzene rings is 2. The quantitative estimate of drug-likeness (QED) is 0.604. The lowest BCUT2D eigenvalue weighted by atomic mass is 9.97. The third-order valence-electron chi connectivity index (χ3n) is 4.88. The van der Waals surface area contributed by atoms with E-state index in [1.54, 1.807) is 29.3 Å². The van der Waals surface area contributed by atoms with Gasteiger partial charge in [-0.05, 0) is 41.5 Å². The zero-order chi connectivity index (χ0) is 22.8. The highest BCUT2D eigenvalue weighted by atomic mass is 35.5. The van der Waals surface area contributed by atoms with Crippen LogP contribution in [0, 0.1) is 0 Å². The van der Waals surface area contributed by atoms with Crippen LogP contribution < -0.4 is 5.32 Å². The summed E-state index contributed by atoms with van der Waals surface area (Å²) in [6, 6.07) is 6.98. The van der Waals surface area contributed by atoms with E-state index < -0.39 is 34.6 Å². The normalized spacial score (nSPS) is 13.3. The van der Waals surface area contributed by atoms with E-state index in [0.717, 1.165) is 17.7 Å². The van der Waals surface area contributed by atoms with Crippen molar-refractivity contribution in [3.63, 3.8) is 0 Å². The Morgan fingerprint density at radius 2 is 1.84 bits per heavy atom. The Morgan fingerprint density at radius 1 is 1.13 bits per heavy atom. The number of rotatable bonds is 5. The molecule has 0 fully saturated rings. The van der Waals surface area contributed by atoms with Gasteiger partial charge >= 0.3 is 6.18 Å². The summed E-state index contributed by atoms with van der Waals surface area (Å²) < 4.78 is 39.1. The highest BCUT2D eigenvalue weighted by Gasteiger charge is 2.34. The summed E-state index contributed by atoms with van der Waals surface area (Å²) in [4.78, 5) is 26.8. The third-order valence-corrected chi connectivity index (χ3v) is 5.21. The molecule has 10 heteroatoms. The molecule has 2 amide bonds. The zero-order valence-corrected chi connectivity index (χ0v) is 16.7. The van der Waals surface area contributed by atoms with Crippen molar-refractivity contribution in [3.05, 3.63) is 75.4 Å². The minimum Gasteiger partial charge on any atom is -0.394 e. The van der Waals surface area contributed by atoms with Crippen molar-refractivity contribution in [3.8, 4) is 0 Å². The maximum atomic E-state index is 13.0. The van der Waals surface area contributed by atoms with Gasteiger partial charge in [-0.3, -0.25) is 14.9 Å². The Bertz CT molecular complexity index is 1040. The lowest BCUT2D eigenvalue weighted by Crippen LogP contribution is -2.38. The number of imide groups is 1. The predicted octanol–water partition coefficient (Wildman–Crippen LogP) is 3.07. The fourth-order valence-electron chi connectivity index (χ4n) is 3.21. The van der Waals surface area contributed by atoms with Gasteiger partial charge in [-0.2, -0.15) is 13.2 Å². The molecule has 0 bridgehead atoms. The van der Waals surface area contributed by atoms with Gasteiger partial charge in [-0.25, -0.2) is 0 Å². The van der Waals surface area contributed by atoms with Gasteiger partial charge in [0.05, 0.1) is 29.8 Å². The summed E-state index contributed by atoms with van der Waals surface area (Å²) in [7, 11) is 0. The molecule has 0 atom stereocenters. The highest BCUT2D eigenvalue weighted by Crippen LogP contribution is 2.35. The standard InChI is InChI=1S/C21H18ClF3N2O4/c22-18-5-4-12(8-17(18)21(23,24)25)19(30)26-20(31)16-3-1-2-13-9-27(7-6-15(13)16)14(10-28)11-29/h1-8,14,28-29H,9-11H2,(H,26,30,31). The maximum absolute atomic E-state index is 13.0. The molecule has 0 saturated carbocycles. The van der Waals surface area contributed by atoms with E-state index in [-0.39, 0.29) is 24.3 Å². The molecule has 0 aliphatic carbocycles. The highest BCUT2D eigenvalue weighted by molar-refractivity contribution is 6.31. The van der Waals surface area contributed by atoms with Gasteiger partial charge in [0.2, 0.25) is 0 Å². The molecule has 1 aliphatic heterocycles. The number of carbonyl (C=O) groups is 2. The summed E-state index contributed by atoms with van der Waals surface area (Å²) in [5, 5.41) is 20.2. The van der Waals surface area contributed by atoms with Gasteiger partial charge in [0.15, 0.2) is 0 Å². The second kappa shape index (κ2) is 9.09. The molecule has 164 valence electrons. The summed E-state index contributed by atoms with van der Waals surface area (Å²) in [6.45, 7) is -0.198. The number of aliphatic hydroxyl groups is 2. The van der Waals surface area contributed by atoms with Crippen LogP contribution in [-0.2, 0) is 12.7 Å². The Labute approximate surface area is 180 Å². The molecule has 2 aromatic carbocycles. The number of alkyl halides is 3. The van der Waals surface area contributed by atoms with Gasteiger partial charge in [-0.15, -0.1) is 0 Å². The average molecular weight is 455 g/mol. The van der Waals surface area contributed by atoms with E-state index in [1.165, 1.54) is 6.07 Å². The fraction of sp³-hybridized carbons (Fsp3) is 0.238. The number of nitrogens with one attached hydrogen (secondary N) is 1. The molecule has 0 spiro atoms. The van der Waals surface area contributed by atoms with E-state index in [4.69, 9.17) is 11.6 Å². The van der Waals surface area contributed by atoms with E-state index in [9.17, 15) is 33.0 Å². The molecule has 1 heterocycles. The molecule has 6 nitrogen and oxygen atoms in total. The smallest absolute Gasteiger partial charge is 0.394 e. The predicted molar refractivity (Wildman–Crippen MR) is 107 cm³/mol. The third kappa shape index (κ3) is 4.90. The molecule has 0 radical (unpaired) electrons. The van der Waals surface area contributed by atoms with E-state index in [2.05, 4.69) is 5.32 Å². The topological polar surface area (TPSA) is 89.9 Å². The van der Waals surface area contributed by atoms with Gasteiger partial charge in [0.1, 0.15) is 0 Å². The zero-order valence-electron chi connectivity index (χ0n) is 16.0. The summed E-state index contributed by atoms with van der Waals surface area (Å²) in [5.74, 6) is -1.77. The van der Waals surface area contributed by atoms with Gasteiger partial charge < -0.3 is 15.1 Å². The molecule has 31 heavy (non-hydrogen) atoms. The Hall–Kier alpha value is -2.88. The molecular weight excluding hydrogens is 437 g/mol. The Balaban J connectivity index is 1.82. The van der Waals surface area contributed by atoms with Crippen molar-refractivity contribution in [2.75, 3.05) is 13.2 Å². The van der Waals surface area contributed by atoms with Crippen LogP contribution in [-0.4, -0.2) is 46.2 Å². The second-order valence-corrected chi connectivity index (χ2v) is 7.27.